The van der Waals surface area contributed by atoms with Gasteiger partial charge in [-0.1, -0.05) is 24.1 Å². The SMILES string of the molecule is COc1ccc(CNCC2CCC2)cc1Cl. The highest BCUT2D eigenvalue weighted by Gasteiger charge is 2.16. The van der Waals surface area contributed by atoms with Gasteiger partial charge in [-0.15, -0.1) is 0 Å². The number of benzene rings is 1. The van der Waals surface area contributed by atoms with Gasteiger partial charge in [-0.25, -0.2) is 0 Å². The highest BCUT2D eigenvalue weighted by Crippen LogP contribution is 2.26. The molecule has 2 nitrogen and oxygen atoms in total. The molecule has 0 aliphatic heterocycles. The molecule has 1 aliphatic rings. The maximum absolute atomic E-state index is 6.06. The van der Waals surface area contributed by atoms with Crippen molar-refractivity contribution in [3.63, 3.8) is 0 Å². The fourth-order valence-electron chi connectivity index (χ4n) is 1.94. The zero-order valence-electron chi connectivity index (χ0n) is 9.63. The van der Waals surface area contributed by atoms with Gasteiger partial charge >= 0.3 is 0 Å². The molecule has 0 heterocycles. The van der Waals surface area contributed by atoms with E-state index in [0.29, 0.717) is 5.02 Å². The van der Waals surface area contributed by atoms with E-state index in [9.17, 15) is 0 Å². The first kappa shape index (κ1) is 11.7. The molecule has 0 bridgehead atoms. The number of nitrogens with one attached hydrogen (secondary N) is 1. The van der Waals surface area contributed by atoms with Gasteiger partial charge in [0.15, 0.2) is 0 Å². The lowest BCUT2D eigenvalue weighted by Gasteiger charge is -2.25. The third-order valence-corrected chi connectivity index (χ3v) is 3.50. The van der Waals surface area contributed by atoms with E-state index in [2.05, 4.69) is 11.4 Å². The second-order valence-corrected chi connectivity index (χ2v) is 4.80. The summed E-state index contributed by atoms with van der Waals surface area (Å²) >= 11 is 6.06. The van der Waals surface area contributed by atoms with Crippen molar-refractivity contribution in [1.29, 1.82) is 0 Å². The van der Waals surface area contributed by atoms with Crippen LogP contribution in [-0.4, -0.2) is 13.7 Å². The Morgan fingerprint density at radius 1 is 1.44 bits per heavy atom. The highest BCUT2D eigenvalue weighted by atomic mass is 35.5. The van der Waals surface area contributed by atoms with Gasteiger partial charge in [0.1, 0.15) is 5.75 Å². The second kappa shape index (κ2) is 5.55. The number of rotatable bonds is 5. The van der Waals surface area contributed by atoms with Gasteiger partial charge in [-0.3, -0.25) is 0 Å². The van der Waals surface area contributed by atoms with Crippen LogP contribution in [0.5, 0.6) is 5.75 Å². The summed E-state index contributed by atoms with van der Waals surface area (Å²) in [6.45, 7) is 2.02. The largest absolute Gasteiger partial charge is 0.495 e. The van der Waals surface area contributed by atoms with Crippen molar-refractivity contribution in [1.82, 2.24) is 5.32 Å². The zero-order chi connectivity index (χ0) is 11.4. The Balaban J connectivity index is 1.81. The minimum atomic E-state index is 0.686. The second-order valence-electron chi connectivity index (χ2n) is 4.40. The van der Waals surface area contributed by atoms with Crippen molar-refractivity contribution in [2.75, 3.05) is 13.7 Å². The van der Waals surface area contributed by atoms with Crippen LogP contribution in [0.3, 0.4) is 0 Å². The van der Waals surface area contributed by atoms with Crippen LogP contribution in [0, 0.1) is 5.92 Å². The Morgan fingerprint density at radius 3 is 2.81 bits per heavy atom. The fraction of sp³-hybridized carbons (Fsp3) is 0.538. The van der Waals surface area contributed by atoms with Gasteiger partial charge in [-0.2, -0.15) is 0 Å². The van der Waals surface area contributed by atoms with E-state index in [1.807, 2.05) is 12.1 Å². The summed E-state index contributed by atoms with van der Waals surface area (Å²) in [5.41, 5.74) is 1.21. The normalized spacial score (nSPS) is 15.9. The van der Waals surface area contributed by atoms with Crippen molar-refractivity contribution in [2.24, 2.45) is 5.92 Å². The Labute approximate surface area is 102 Å². The zero-order valence-corrected chi connectivity index (χ0v) is 10.4. The van der Waals surface area contributed by atoms with E-state index in [1.165, 1.54) is 24.8 Å². The van der Waals surface area contributed by atoms with Gasteiger partial charge in [0.25, 0.3) is 0 Å². The molecule has 3 heteroatoms. The molecule has 0 amide bonds. The summed E-state index contributed by atoms with van der Waals surface area (Å²) in [6.07, 6.45) is 4.17. The Bertz CT molecular complexity index is 350. The summed E-state index contributed by atoms with van der Waals surface area (Å²) < 4.78 is 5.12. The van der Waals surface area contributed by atoms with Crippen LogP contribution in [0.2, 0.25) is 5.02 Å². The number of ether oxygens (including phenoxy) is 1. The number of methoxy groups -OCH3 is 1. The van der Waals surface area contributed by atoms with Crippen LogP contribution in [0.1, 0.15) is 24.8 Å². The smallest absolute Gasteiger partial charge is 0.137 e. The molecule has 0 atom stereocenters. The van der Waals surface area contributed by atoms with E-state index in [1.54, 1.807) is 7.11 Å². The van der Waals surface area contributed by atoms with Gasteiger partial charge in [0.05, 0.1) is 12.1 Å². The molecule has 0 unspecified atom stereocenters. The Morgan fingerprint density at radius 2 is 2.25 bits per heavy atom. The lowest BCUT2D eigenvalue weighted by molar-refractivity contribution is 0.301. The van der Waals surface area contributed by atoms with Crippen LogP contribution in [-0.2, 0) is 6.54 Å². The van der Waals surface area contributed by atoms with Crippen LogP contribution in [0.15, 0.2) is 18.2 Å². The standard InChI is InChI=1S/C13H18ClNO/c1-16-13-6-5-11(7-12(13)14)9-15-8-10-3-2-4-10/h5-7,10,15H,2-4,8-9H2,1H3. The molecule has 0 aromatic heterocycles. The van der Waals surface area contributed by atoms with E-state index in [-0.39, 0.29) is 0 Å². The van der Waals surface area contributed by atoms with Crippen molar-refractivity contribution < 1.29 is 4.74 Å². The van der Waals surface area contributed by atoms with Crippen molar-refractivity contribution in [3.8, 4) is 5.75 Å². The molecular formula is C13H18ClNO. The number of hydrogen-bond donors (Lipinski definition) is 1. The lowest BCUT2D eigenvalue weighted by Crippen LogP contribution is -2.26. The predicted octanol–water partition coefficient (Wildman–Crippen LogP) is 3.24. The summed E-state index contributed by atoms with van der Waals surface area (Å²) in [7, 11) is 1.63. The highest BCUT2D eigenvalue weighted by molar-refractivity contribution is 6.32. The molecule has 1 aromatic rings. The quantitative estimate of drug-likeness (QED) is 0.852. The van der Waals surface area contributed by atoms with Crippen LogP contribution in [0.25, 0.3) is 0 Å². The molecule has 0 radical (unpaired) electrons. The van der Waals surface area contributed by atoms with Crippen molar-refractivity contribution in [3.05, 3.63) is 28.8 Å². The number of halogens is 1. The molecule has 0 saturated heterocycles. The van der Waals surface area contributed by atoms with Gasteiger partial charge in [0, 0.05) is 6.54 Å². The minimum Gasteiger partial charge on any atom is -0.495 e. The van der Waals surface area contributed by atoms with E-state index in [4.69, 9.17) is 16.3 Å². The summed E-state index contributed by atoms with van der Waals surface area (Å²) in [6, 6.07) is 5.94. The van der Waals surface area contributed by atoms with Crippen LogP contribution < -0.4 is 10.1 Å². The van der Waals surface area contributed by atoms with Crippen molar-refractivity contribution >= 4 is 11.6 Å². The molecule has 1 aliphatic carbocycles. The summed E-state index contributed by atoms with van der Waals surface area (Å²) in [5.74, 6) is 1.64. The Hall–Kier alpha value is -0.730. The first-order valence-corrected chi connectivity index (χ1v) is 6.20. The monoisotopic (exact) mass is 239 g/mol. The molecule has 88 valence electrons. The average Bonchev–Trinajstić information content (AvgIpc) is 2.22. The van der Waals surface area contributed by atoms with E-state index < -0.39 is 0 Å². The maximum Gasteiger partial charge on any atom is 0.137 e. The van der Waals surface area contributed by atoms with E-state index >= 15 is 0 Å². The van der Waals surface area contributed by atoms with Gasteiger partial charge < -0.3 is 10.1 Å². The molecule has 16 heavy (non-hydrogen) atoms. The first-order valence-electron chi connectivity index (χ1n) is 5.82. The average molecular weight is 240 g/mol. The van der Waals surface area contributed by atoms with Gasteiger partial charge in [-0.05, 0) is 43.0 Å². The van der Waals surface area contributed by atoms with Gasteiger partial charge in [0.2, 0.25) is 0 Å². The number of hydrogen-bond acceptors (Lipinski definition) is 2. The molecule has 1 aromatic carbocycles. The van der Waals surface area contributed by atoms with E-state index in [0.717, 1.165) is 24.8 Å². The predicted molar refractivity (Wildman–Crippen MR) is 67.1 cm³/mol. The van der Waals surface area contributed by atoms with Crippen LogP contribution in [0.4, 0.5) is 0 Å². The summed E-state index contributed by atoms with van der Waals surface area (Å²) in [4.78, 5) is 0. The molecule has 1 fully saturated rings. The van der Waals surface area contributed by atoms with Crippen LogP contribution >= 0.6 is 11.6 Å². The third kappa shape index (κ3) is 2.89. The third-order valence-electron chi connectivity index (χ3n) is 3.20. The lowest BCUT2D eigenvalue weighted by atomic mass is 9.85. The minimum absolute atomic E-state index is 0.686. The molecule has 1 N–H and O–H groups in total. The topological polar surface area (TPSA) is 21.3 Å². The molecular weight excluding hydrogens is 222 g/mol. The molecule has 1 saturated carbocycles. The maximum atomic E-state index is 6.06. The fourth-order valence-corrected chi connectivity index (χ4v) is 2.22. The molecule has 2 rings (SSSR count). The Kier molecular flexibility index (Phi) is 4.08. The first-order chi connectivity index (χ1) is 7.79. The molecule has 0 spiro atoms. The summed E-state index contributed by atoms with van der Waals surface area (Å²) in [5, 5.41) is 4.15. The van der Waals surface area contributed by atoms with Crippen molar-refractivity contribution in [2.45, 2.75) is 25.8 Å².